The maximum absolute atomic E-state index is 12.8. The second kappa shape index (κ2) is 9.39. The molecule has 0 fully saturated rings. The normalized spacial score (nSPS) is 10.3. The first-order chi connectivity index (χ1) is 14.8. The Morgan fingerprint density at radius 1 is 0.767 bits per heavy atom. The summed E-state index contributed by atoms with van der Waals surface area (Å²) in [5.74, 6) is 2.15. The van der Waals surface area contributed by atoms with E-state index in [0.717, 1.165) is 5.56 Å². The van der Waals surface area contributed by atoms with E-state index in [0.29, 0.717) is 35.2 Å². The van der Waals surface area contributed by atoms with Crippen molar-refractivity contribution < 1.29 is 14.3 Å². The average molecular weight is 396 g/mol. The molecule has 30 heavy (non-hydrogen) atoms. The van der Waals surface area contributed by atoms with E-state index < -0.39 is 0 Å². The topological polar surface area (TPSA) is 60.5 Å². The molecular weight excluding hydrogens is 376 g/mol. The predicted octanol–water partition coefficient (Wildman–Crippen LogP) is 5.60. The number of pyridine rings is 1. The zero-order valence-corrected chi connectivity index (χ0v) is 16.2. The summed E-state index contributed by atoms with van der Waals surface area (Å²) < 4.78 is 11.6. The van der Waals surface area contributed by atoms with Gasteiger partial charge in [-0.15, -0.1) is 0 Å². The molecule has 0 saturated carbocycles. The molecule has 4 aromatic rings. The van der Waals surface area contributed by atoms with Crippen LogP contribution in [0.25, 0.3) is 0 Å². The fraction of sp³-hybridized carbons (Fsp3) is 0.0400. The summed E-state index contributed by atoms with van der Waals surface area (Å²) in [5.41, 5.74) is 1.39. The van der Waals surface area contributed by atoms with Crippen LogP contribution in [0.1, 0.15) is 15.9 Å². The van der Waals surface area contributed by atoms with E-state index in [1.165, 1.54) is 0 Å². The molecule has 0 radical (unpaired) electrons. The van der Waals surface area contributed by atoms with Crippen molar-refractivity contribution in [1.29, 1.82) is 0 Å². The highest BCUT2D eigenvalue weighted by molar-refractivity contribution is 5.97. The molecule has 1 N–H and O–H groups in total. The lowest BCUT2D eigenvalue weighted by Gasteiger charge is -2.12. The molecule has 0 bridgehead atoms. The largest absolute Gasteiger partial charge is 0.457 e. The van der Waals surface area contributed by atoms with Crippen molar-refractivity contribution in [1.82, 2.24) is 10.3 Å². The van der Waals surface area contributed by atoms with E-state index in [1.807, 2.05) is 78.9 Å². The minimum Gasteiger partial charge on any atom is -0.457 e. The highest BCUT2D eigenvalue weighted by atomic mass is 16.5. The molecule has 4 rings (SSSR count). The Kier molecular flexibility index (Phi) is 6.01. The first kappa shape index (κ1) is 19.2. The smallest absolute Gasteiger partial charge is 0.255 e. The van der Waals surface area contributed by atoms with Gasteiger partial charge in [-0.2, -0.15) is 0 Å². The number of rotatable bonds is 7. The first-order valence-electron chi connectivity index (χ1n) is 9.56. The summed E-state index contributed by atoms with van der Waals surface area (Å²) in [6, 6.07) is 29.6. The second-order valence-corrected chi connectivity index (χ2v) is 6.51. The first-order valence-corrected chi connectivity index (χ1v) is 9.56. The monoisotopic (exact) mass is 396 g/mol. The van der Waals surface area contributed by atoms with Gasteiger partial charge in [0.25, 0.3) is 5.91 Å². The molecule has 0 saturated heterocycles. The zero-order chi connectivity index (χ0) is 20.6. The Bertz CT molecular complexity index is 1120. The second-order valence-electron chi connectivity index (χ2n) is 6.51. The van der Waals surface area contributed by atoms with Gasteiger partial charge >= 0.3 is 0 Å². The minimum atomic E-state index is -0.211. The number of carbonyl (C=O) groups is 1. The summed E-state index contributed by atoms with van der Waals surface area (Å²) in [4.78, 5) is 16.9. The Morgan fingerprint density at radius 2 is 1.53 bits per heavy atom. The molecule has 0 atom stereocenters. The van der Waals surface area contributed by atoms with E-state index in [4.69, 9.17) is 9.47 Å². The number of nitrogens with zero attached hydrogens (tertiary/aromatic N) is 1. The van der Waals surface area contributed by atoms with Crippen molar-refractivity contribution in [3.63, 3.8) is 0 Å². The average Bonchev–Trinajstić information content (AvgIpc) is 2.79. The van der Waals surface area contributed by atoms with Crippen LogP contribution < -0.4 is 14.8 Å². The SMILES string of the molecule is O=C(NCc1cccc(Oc2ccccn2)c1)c1ccccc1Oc1ccccc1. The maximum atomic E-state index is 12.8. The lowest BCUT2D eigenvalue weighted by atomic mass is 10.1. The van der Waals surface area contributed by atoms with E-state index in [9.17, 15) is 4.79 Å². The van der Waals surface area contributed by atoms with Crippen LogP contribution in [0.15, 0.2) is 103 Å². The van der Waals surface area contributed by atoms with Crippen molar-refractivity contribution in [2.24, 2.45) is 0 Å². The summed E-state index contributed by atoms with van der Waals surface area (Å²) in [6.07, 6.45) is 1.67. The molecule has 0 unspecified atom stereocenters. The molecule has 5 nitrogen and oxygen atoms in total. The summed E-state index contributed by atoms with van der Waals surface area (Å²) in [7, 11) is 0. The van der Waals surface area contributed by atoms with Crippen molar-refractivity contribution >= 4 is 5.91 Å². The van der Waals surface area contributed by atoms with E-state index >= 15 is 0 Å². The van der Waals surface area contributed by atoms with Gasteiger partial charge in [0.15, 0.2) is 0 Å². The Labute approximate surface area is 174 Å². The van der Waals surface area contributed by atoms with Crippen LogP contribution in [0.5, 0.6) is 23.1 Å². The van der Waals surface area contributed by atoms with Gasteiger partial charge < -0.3 is 14.8 Å². The third-order valence-corrected chi connectivity index (χ3v) is 4.31. The Hall–Kier alpha value is -4.12. The van der Waals surface area contributed by atoms with Crippen LogP contribution in [0.3, 0.4) is 0 Å². The fourth-order valence-corrected chi connectivity index (χ4v) is 2.88. The van der Waals surface area contributed by atoms with Gasteiger partial charge in [-0.1, -0.05) is 48.5 Å². The molecule has 0 aliphatic rings. The predicted molar refractivity (Wildman–Crippen MR) is 115 cm³/mol. The van der Waals surface area contributed by atoms with Crippen LogP contribution in [0.2, 0.25) is 0 Å². The van der Waals surface area contributed by atoms with Gasteiger partial charge in [0.2, 0.25) is 5.88 Å². The van der Waals surface area contributed by atoms with Gasteiger partial charge in [-0.05, 0) is 48.0 Å². The zero-order valence-electron chi connectivity index (χ0n) is 16.2. The quantitative estimate of drug-likeness (QED) is 0.442. The molecule has 1 heterocycles. The molecule has 148 valence electrons. The minimum absolute atomic E-state index is 0.211. The Balaban J connectivity index is 1.42. The molecule has 0 aliphatic heterocycles. The number of benzene rings is 3. The fourth-order valence-electron chi connectivity index (χ4n) is 2.88. The van der Waals surface area contributed by atoms with Gasteiger partial charge in [0.05, 0.1) is 5.56 Å². The number of aromatic nitrogens is 1. The standard InChI is InChI=1S/C25H20N2O3/c28-25(22-13-4-5-14-23(22)29-20-10-2-1-3-11-20)27-18-19-9-8-12-21(17-19)30-24-15-6-7-16-26-24/h1-17H,18H2,(H,27,28). The molecule has 0 aliphatic carbocycles. The third kappa shape index (κ3) is 5.02. The van der Waals surface area contributed by atoms with Crippen molar-refractivity contribution in [2.45, 2.75) is 6.54 Å². The number of ether oxygens (including phenoxy) is 2. The lowest BCUT2D eigenvalue weighted by Crippen LogP contribution is -2.23. The van der Waals surface area contributed by atoms with Gasteiger partial charge in [0, 0.05) is 18.8 Å². The van der Waals surface area contributed by atoms with Crippen LogP contribution in [0.4, 0.5) is 0 Å². The summed E-state index contributed by atoms with van der Waals surface area (Å²) in [6.45, 7) is 0.359. The van der Waals surface area contributed by atoms with Gasteiger partial charge in [-0.25, -0.2) is 4.98 Å². The number of amides is 1. The van der Waals surface area contributed by atoms with E-state index in [2.05, 4.69) is 10.3 Å². The molecule has 1 amide bonds. The molecule has 3 aromatic carbocycles. The highest BCUT2D eigenvalue weighted by Gasteiger charge is 2.12. The van der Waals surface area contributed by atoms with Crippen LogP contribution >= 0.6 is 0 Å². The number of hydrogen-bond donors (Lipinski definition) is 1. The number of carbonyl (C=O) groups excluding carboxylic acids is 1. The highest BCUT2D eigenvalue weighted by Crippen LogP contribution is 2.25. The van der Waals surface area contributed by atoms with Crippen molar-refractivity contribution in [2.75, 3.05) is 0 Å². The van der Waals surface area contributed by atoms with E-state index in [1.54, 1.807) is 24.4 Å². The van der Waals surface area contributed by atoms with Crippen molar-refractivity contribution in [3.05, 3.63) is 114 Å². The van der Waals surface area contributed by atoms with E-state index in [-0.39, 0.29) is 5.91 Å². The molecule has 5 heteroatoms. The third-order valence-electron chi connectivity index (χ3n) is 4.31. The van der Waals surface area contributed by atoms with Crippen LogP contribution in [0, 0.1) is 0 Å². The maximum Gasteiger partial charge on any atom is 0.255 e. The van der Waals surface area contributed by atoms with Crippen LogP contribution in [-0.4, -0.2) is 10.9 Å². The summed E-state index contributed by atoms with van der Waals surface area (Å²) >= 11 is 0. The van der Waals surface area contributed by atoms with Gasteiger partial charge in [0.1, 0.15) is 17.2 Å². The van der Waals surface area contributed by atoms with Crippen LogP contribution in [-0.2, 0) is 6.54 Å². The molecule has 0 spiro atoms. The molecule has 1 aromatic heterocycles. The summed E-state index contributed by atoms with van der Waals surface area (Å²) in [5, 5.41) is 2.94. The Morgan fingerprint density at radius 3 is 2.37 bits per heavy atom. The van der Waals surface area contributed by atoms with Gasteiger partial charge in [-0.3, -0.25) is 4.79 Å². The van der Waals surface area contributed by atoms with Crippen molar-refractivity contribution in [3.8, 4) is 23.1 Å². The lowest BCUT2D eigenvalue weighted by molar-refractivity contribution is 0.0948. The number of nitrogens with one attached hydrogen (secondary N) is 1. The number of para-hydroxylation sites is 2. The molecular formula is C25H20N2O3. The number of hydrogen-bond acceptors (Lipinski definition) is 4.